The Morgan fingerprint density at radius 1 is 1.37 bits per heavy atom. The van der Waals surface area contributed by atoms with Crippen molar-refractivity contribution in [1.29, 1.82) is 0 Å². The van der Waals surface area contributed by atoms with Crippen LogP contribution in [0.25, 0.3) is 10.9 Å². The lowest BCUT2D eigenvalue weighted by Gasteiger charge is -2.24. The molecule has 1 aliphatic heterocycles. The maximum atomic E-state index is 12.9. The molecule has 1 N–H and O–H groups in total. The minimum Gasteiger partial charge on any atom is -0.376 e. The number of rotatable bonds is 5. The van der Waals surface area contributed by atoms with E-state index in [9.17, 15) is 9.59 Å². The van der Waals surface area contributed by atoms with Crippen LogP contribution in [0.1, 0.15) is 34.9 Å². The number of aryl methyl sites for hydroxylation is 1. The maximum Gasteiger partial charge on any atom is 0.276 e. The van der Waals surface area contributed by atoms with Crippen LogP contribution in [-0.4, -0.2) is 45.2 Å². The molecule has 140 valence electrons. The summed E-state index contributed by atoms with van der Waals surface area (Å²) < 4.78 is 10.7. The minimum atomic E-state index is -0.279. The van der Waals surface area contributed by atoms with E-state index in [-0.39, 0.29) is 29.8 Å². The average molecular weight is 368 g/mol. The number of fused-ring (bicyclic) bond motifs is 1. The molecule has 1 aliphatic rings. The van der Waals surface area contributed by atoms with Gasteiger partial charge in [-0.2, -0.15) is 0 Å². The van der Waals surface area contributed by atoms with Crippen molar-refractivity contribution in [2.75, 3.05) is 13.2 Å². The molecule has 1 atom stereocenters. The molecule has 3 heterocycles. The standard InChI is InChI=1S/C19H20N4O4/c1-12-9-16(22-27-12)19(25)23(10-13-5-4-8-26-13)11-17-20-15-7-3-2-6-14(15)18(24)21-17/h2-3,6-7,9,13H,4-5,8,10-11H2,1H3,(H,20,21,24)/t13-/m1/s1. The first-order valence-electron chi connectivity index (χ1n) is 8.92. The molecular formula is C19H20N4O4. The van der Waals surface area contributed by atoms with Crippen LogP contribution < -0.4 is 5.56 Å². The molecule has 0 aliphatic carbocycles. The quantitative estimate of drug-likeness (QED) is 0.739. The van der Waals surface area contributed by atoms with Gasteiger partial charge >= 0.3 is 0 Å². The second-order valence-corrected chi connectivity index (χ2v) is 6.67. The Balaban J connectivity index is 1.63. The third kappa shape index (κ3) is 3.75. The van der Waals surface area contributed by atoms with Crippen LogP contribution in [-0.2, 0) is 11.3 Å². The fraction of sp³-hybridized carbons (Fsp3) is 0.368. The fourth-order valence-electron chi connectivity index (χ4n) is 3.27. The molecule has 2 aromatic heterocycles. The number of carbonyl (C=O) groups excluding carboxylic acids is 1. The lowest BCUT2D eigenvalue weighted by molar-refractivity contribution is 0.0493. The highest BCUT2D eigenvalue weighted by atomic mass is 16.5. The van der Waals surface area contributed by atoms with Crippen LogP contribution in [0.4, 0.5) is 0 Å². The van der Waals surface area contributed by atoms with E-state index < -0.39 is 0 Å². The molecule has 1 fully saturated rings. The summed E-state index contributed by atoms with van der Waals surface area (Å²) in [6, 6.07) is 8.71. The summed E-state index contributed by atoms with van der Waals surface area (Å²) in [5.41, 5.74) is 0.601. The van der Waals surface area contributed by atoms with E-state index in [1.54, 1.807) is 36.1 Å². The number of hydrogen-bond acceptors (Lipinski definition) is 6. The van der Waals surface area contributed by atoms with Gasteiger partial charge in [-0.3, -0.25) is 9.59 Å². The van der Waals surface area contributed by atoms with Crippen LogP contribution >= 0.6 is 0 Å². The first-order chi connectivity index (χ1) is 13.1. The van der Waals surface area contributed by atoms with Crippen molar-refractivity contribution >= 4 is 16.8 Å². The van der Waals surface area contributed by atoms with Crippen LogP contribution in [0, 0.1) is 6.92 Å². The highest BCUT2D eigenvalue weighted by Gasteiger charge is 2.26. The molecule has 0 spiro atoms. The van der Waals surface area contributed by atoms with Crippen molar-refractivity contribution in [3.05, 3.63) is 58.0 Å². The summed E-state index contributed by atoms with van der Waals surface area (Å²) in [6.07, 6.45) is 1.83. The molecule has 1 saturated heterocycles. The number of aromatic amines is 1. The lowest BCUT2D eigenvalue weighted by Crippen LogP contribution is -2.38. The van der Waals surface area contributed by atoms with Gasteiger partial charge in [-0.25, -0.2) is 4.98 Å². The average Bonchev–Trinajstić information content (AvgIpc) is 3.32. The van der Waals surface area contributed by atoms with Crippen molar-refractivity contribution in [2.24, 2.45) is 0 Å². The number of ether oxygens (including phenoxy) is 1. The van der Waals surface area contributed by atoms with Crippen LogP contribution in [0.15, 0.2) is 39.6 Å². The topological polar surface area (TPSA) is 101 Å². The number of aromatic nitrogens is 3. The molecule has 4 rings (SSSR count). The predicted octanol–water partition coefficient (Wildman–Crippen LogP) is 2.04. The number of benzene rings is 1. The number of nitrogens with zero attached hydrogens (tertiary/aromatic N) is 3. The predicted molar refractivity (Wildman–Crippen MR) is 97.3 cm³/mol. The second kappa shape index (κ2) is 7.32. The molecular weight excluding hydrogens is 348 g/mol. The molecule has 3 aromatic rings. The molecule has 8 nitrogen and oxygen atoms in total. The maximum absolute atomic E-state index is 12.9. The molecule has 27 heavy (non-hydrogen) atoms. The number of nitrogens with one attached hydrogen (secondary N) is 1. The molecule has 1 aromatic carbocycles. The summed E-state index contributed by atoms with van der Waals surface area (Å²) in [6.45, 7) is 2.99. The Hall–Kier alpha value is -3.00. The molecule has 0 bridgehead atoms. The Kier molecular flexibility index (Phi) is 4.72. The third-order valence-corrected chi connectivity index (χ3v) is 4.58. The third-order valence-electron chi connectivity index (χ3n) is 4.58. The van der Waals surface area contributed by atoms with Gasteiger partial charge < -0.3 is 19.1 Å². The summed E-state index contributed by atoms with van der Waals surface area (Å²) in [7, 11) is 0. The Labute approximate surface area is 155 Å². The van der Waals surface area contributed by atoms with Crippen molar-refractivity contribution < 1.29 is 14.1 Å². The normalized spacial score (nSPS) is 16.7. The number of para-hydroxylation sites is 1. The second-order valence-electron chi connectivity index (χ2n) is 6.67. The van der Waals surface area contributed by atoms with Crippen LogP contribution in [0.5, 0.6) is 0 Å². The lowest BCUT2D eigenvalue weighted by atomic mass is 10.2. The van der Waals surface area contributed by atoms with Gasteiger partial charge in [-0.15, -0.1) is 0 Å². The summed E-state index contributed by atoms with van der Waals surface area (Å²) in [5, 5.41) is 4.34. The van der Waals surface area contributed by atoms with Gasteiger partial charge in [0, 0.05) is 19.2 Å². The summed E-state index contributed by atoms with van der Waals surface area (Å²) >= 11 is 0. The van der Waals surface area contributed by atoms with E-state index in [2.05, 4.69) is 15.1 Å². The van der Waals surface area contributed by atoms with Crippen molar-refractivity contribution in [3.63, 3.8) is 0 Å². The summed E-state index contributed by atoms with van der Waals surface area (Å²) in [5.74, 6) is 0.705. The first kappa shape index (κ1) is 17.4. The highest BCUT2D eigenvalue weighted by molar-refractivity contribution is 5.92. The number of carbonyl (C=O) groups is 1. The monoisotopic (exact) mass is 368 g/mol. The minimum absolute atomic E-state index is 0.0332. The van der Waals surface area contributed by atoms with E-state index in [0.29, 0.717) is 35.6 Å². The highest BCUT2D eigenvalue weighted by Crippen LogP contribution is 2.17. The molecule has 0 saturated carbocycles. The molecule has 0 unspecified atom stereocenters. The van der Waals surface area contributed by atoms with E-state index >= 15 is 0 Å². The molecule has 0 radical (unpaired) electrons. The van der Waals surface area contributed by atoms with Crippen LogP contribution in [0.3, 0.4) is 0 Å². The zero-order valence-corrected chi connectivity index (χ0v) is 15.0. The van der Waals surface area contributed by atoms with Gasteiger partial charge in [0.25, 0.3) is 11.5 Å². The van der Waals surface area contributed by atoms with E-state index in [1.165, 1.54) is 0 Å². The first-order valence-corrected chi connectivity index (χ1v) is 8.92. The van der Waals surface area contributed by atoms with E-state index in [4.69, 9.17) is 9.26 Å². The van der Waals surface area contributed by atoms with Gasteiger partial charge in [0.05, 0.1) is 23.6 Å². The number of hydrogen-bond donors (Lipinski definition) is 1. The van der Waals surface area contributed by atoms with Gasteiger partial charge in [-0.1, -0.05) is 17.3 Å². The van der Waals surface area contributed by atoms with Gasteiger partial charge in [0.2, 0.25) is 0 Å². The zero-order valence-electron chi connectivity index (χ0n) is 15.0. The molecule has 1 amide bonds. The zero-order chi connectivity index (χ0) is 18.8. The van der Waals surface area contributed by atoms with Gasteiger partial charge in [0.15, 0.2) is 5.69 Å². The van der Waals surface area contributed by atoms with Gasteiger partial charge in [0.1, 0.15) is 11.6 Å². The van der Waals surface area contributed by atoms with E-state index in [1.807, 2.05) is 6.07 Å². The SMILES string of the molecule is Cc1cc(C(=O)N(Cc2nc3ccccc3c(=O)[nH]2)C[C@H]2CCCO2)no1. The van der Waals surface area contributed by atoms with E-state index in [0.717, 1.165) is 12.8 Å². The Morgan fingerprint density at radius 3 is 2.96 bits per heavy atom. The Bertz CT molecular complexity index is 1020. The van der Waals surface area contributed by atoms with Crippen molar-refractivity contribution in [2.45, 2.75) is 32.4 Å². The van der Waals surface area contributed by atoms with Crippen molar-refractivity contribution in [1.82, 2.24) is 20.0 Å². The summed E-state index contributed by atoms with van der Waals surface area (Å²) in [4.78, 5) is 34.1. The Morgan fingerprint density at radius 2 is 2.22 bits per heavy atom. The van der Waals surface area contributed by atoms with Gasteiger partial charge in [-0.05, 0) is 31.9 Å². The molecule has 8 heteroatoms. The van der Waals surface area contributed by atoms with Crippen LogP contribution in [0.2, 0.25) is 0 Å². The smallest absolute Gasteiger partial charge is 0.276 e. The number of amides is 1. The fourth-order valence-corrected chi connectivity index (χ4v) is 3.27. The largest absolute Gasteiger partial charge is 0.376 e. The number of H-pyrrole nitrogens is 1. The van der Waals surface area contributed by atoms with Crippen molar-refractivity contribution in [3.8, 4) is 0 Å².